The topological polar surface area (TPSA) is 110 Å². The lowest BCUT2D eigenvalue weighted by atomic mass is 10.2. The molecule has 4 rings (SSSR count). The molecular weight excluding hydrogens is 463 g/mol. The van der Waals surface area contributed by atoms with Gasteiger partial charge in [-0.05, 0) is 43.7 Å². The number of benzene rings is 1. The van der Waals surface area contributed by atoms with Crippen molar-refractivity contribution in [3.8, 4) is 0 Å². The van der Waals surface area contributed by atoms with Crippen LogP contribution < -0.4 is 4.90 Å². The fraction of sp³-hybridized carbons (Fsp3) is 0.217. The molecule has 9 nitrogen and oxygen atoms in total. The van der Waals surface area contributed by atoms with Gasteiger partial charge in [-0.3, -0.25) is 29.2 Å². The van der Waals surface area contributed by atoms with E-state index >= 15 is 0 Å². The van der Waals surface area contributed by atoms with E-state index in [0.717, 1.165) is 16.2 Å². The Bertz CT molecular complexity index is 1260. The maximum Gasteiger partial charge on any atom is 0.350 e. The van der Waals surface area contributed by atoms with Crippen molar-refractivity contribution in [1.29, 1.82) is 0 Å². The third-order valence-corrected chi connectivity index (χ3v) is 6.22. The number of fused-ring (bicyclic) bond motifs is 1. The number of aromatic nitrogens is 2. The zero-order valence-electron chi connectivity index (χ0n) is 18.3. The Morgan fingerprint density at radius 2 is 1.88 bits per heavy atom. The van der Waals surface area contributed by atoms with Crippen LogP contribution in [0, 0.1) is 12.7 Å². The van der Waals surface area contributed by atoms with Crippen molar-refractivity contribution in [2.24, 2.45) is 0 Å². The summed E-state index contributed by atoms with van der Waals surface area (Å²) in [7, 11) is 0. The van der Waals surface area contributed by atoms with Crippen molar-refractivity contribution in [2.75, 3.05) is 18.1 Å². The molecule has 3 heterocycles. The molecule has 34 heavy (non-hydrogen) atoms. The monoisotopic (exact) mass is 482 g/mol. The Labute approximate surface area is 197 Å². The van der Waals surface area contributed by atoms with Gasteiger partial charge in [-0.1, -0.05) is 23.5 Å². The van der Waals surface area contributed by atoms with E-state index < -0.39 is 36.1 Å². The van der Waals surface area contributed by atoms with E-state index in [1.807, 2.05) is 0 Å². The van der Waals surface area contributed by atoms with Gasteiger partial charge in [0.25, 0.3) is 11.8 Å². The molecule has 11 heteroatoms. The molecule has 0 aliphatic carbocycles. The Kier molecular flexibility index (Phi) is 6.46. The fourth-order valence-corrected chi connectivity index (χ4v) is 4.37. The van der Waals surface area contributed by atoms with Crippen molar-refractivity contribution >= 4 is 40.2 Å². The molecule has 1 aliphatic rings. The first kappa shape index (κ1) is 23.2. The molecular formula is C23H19FN4O5S. The zero-order valence-corrected chi connectivity index (χ0v) is 19.1. The van der Waals surface area contributed by atoms with Gasteiger partial charge in [-0.25, -0.2) is 14.2 Å². The summed E-state index contributed by atoms with van der Waals surface area (Å²) in [5.74, 6) is -2.90. The molecule has 174 valence electrons. The number of aryl methyl sites for hydroxylation is 1. The number of thiazole rings is 1. The maximum absolute atomic E-state index is 13.4. The number of hydrogen-bond acceptors (Lipinski definition) is 8. The number of nitrogens with zero attached hydrogens (tertiary/aromatic N) is 4. The highest BCUT2D eigenvalue weighted by molar-refractivity contribution is 7.17. The number of hydrogen-bond donors (Lipinski definition) is 0. The van der Waals surface area contributed by atoms with Gasteiger partial charge in [0, 0.05) is 6.20 Å². The minimum absolute atomic E-state index is 0.0138. The highest BCUT2D eigenvalue weighted by Gasteiger charge is 2.39. The summed E-state index contributed by atoms with van der Waals surface area (Å²) in [6.07, 6.45) is 1.39. The van der Waals surface area contributed by atoms with Gasteiger partial charge in [0.05, 0.1) is 24.4 Å². The molecule has 3 aromatic rings. The second-order valence-corrected chi connectivity index (χ2v) is 8.31. The van der Waals surface area contributed by atoms with Gasteiger partial charge in [0.1, 0.15) is 22.9 Å². The highest BCUT2D eigenvalue weighted by Crippen LogP contribution is 2.29. The number of carbonyl (C=O) groups excluding carboxylic acids is 4. The summed E-state index contributed by atoms with van der Waals surface area (Å²) < 4.78 is 18.4. The lowest BCUT2D eigenvalue weighted by Crippen LogP contribution is -2.42. The molecule has 0 saturated heterocycles. The summed E-state index contributed by atoms with van der Waals surface area (Å²) in [5.41, 5.74) is 1.07. The van der Waals surface area contributed by atoms with Crippen LogP contribution in [0.3, 0.4) is 0 Å². The zero-order chi connectivity index (χ0) is 24.4. The molecule has 2 aromatic heterocycles. The predicted octanol–water partition coefficient (Wildman–Crippen LogP) is 2.99. The number of anilines is 1. The van der Waals surface area contributed by atoms with Crippen molar-refractivity contribution in [3.05, 3.63) is 75.8 Å². The van der Waals surface area contributed by atoms with E-state index in [4.69, 9.17) is 4.74 Å². The summed E-state index contributed by atoms with van der Waals surface area (Å²) in [6.45, 7) is 2.90. The molecule has 0 fully saturated rings. The molecule has 0 radical (unpaired) electrons. The molecule has 0 spiro atoms. The predicted molar refractivity (Wildman–Crippen MR) is 120 cm³/mol. The summed E-state index contributed by atoms with van der Waals surface area (Å²) in [6, 6.07) is 8.53. The highest BCUT2D eigenvalue weighted by atomic mass is 32.1. The van der Waals surface area contributed by atoms with Crippen molar-refractivity contribution in [1.82, 2.24) is 14.9 Å². The Morgan fingerprint density at radius 3 is 2.56 bits per heavy atom. The number of esters is 1. The van der Waals surface area contributed by atoms with E-state index in [1.165, 1.54) is 47.5 Å². The van der Waals surface area contributed by atoms with E-state index in [1.54, 1.807) is 13.8 Å². The Balaban J connectivity index is 1.64. The van der Waals surface area contributed by atoms with E-state index in [0.29, 0.717) is 11.3 Å². The number of carbonyl (C=O) groups is 4. The van der Waals surface area contributed by atoms with Gasteiger partial charge in [-0.15, -0.1) is 0 Å². The number of ether oxygens (including phenoxy) is 1. The number of rotatable bonds is 7. The van der Waals surface area contributed by atoms with E-state index in [2.05, 4.69) is 9.97 Å². The second-order valence-electron chi connectivity index (χ2n) is 7.33. The van der Waals surface area contributed by atoms with Crippen LogP contribution in [-0.4, -0.2) is 51.7 Å². The Morgan fingerprint density at radius 1 is 1.15 bits per heavy atom. The van der Waals surface area contributed by atoms with Crippen LogP contribution in [0.25, 0.3) is 0 Å². The number of halogens is 1. The summed E-state index contributed by atoms with van der Waals surface area (Å²) in [4.78, 5) is 61.6. The van der Waals surface area contributed by atoms with Gasteiger partial charge in [0.15, 0.2) is 5.13 Å². The lowest BCUT2D eigenvalue weighted by molar-refractivity contribution is -0.119. The second kappa shape index (κ2) is 9.48. The molecule has 1 aliphatic heterocycles. The Hall–Kier alpha value is -3.99. The molecule has 0 atom stereocenters. The SMILES string of the molecule is CCOC(=O)c1sc(N(Cc2ccc(F)cc2)C(=O)CN2C(=O)c3cccnc3C2=O)nc1C. The van der Waals surface area contributed by atoms with Gasteiger partial charge in [-0.2, -0.15) is 0 Å². The first-order chi connectivity index (χ1) is 16.3. The lowest BCUT2D eigenvalue weighted by Gasteiger charge is -2.22. The number of imide groups is 1. The summed E-state index contributed by atoms with van der Waals surface area (Å²) >= 11 is 0.958. The molecule has 0 bridgehead atoms. The first-order valence-electron chi connectivity index (χ1n) is 10.3. The number of amides is 3. The van der Waals surface area contributed by atoms with Gasteiger partial charge >= 0.3 is 5.97 Å². The number of pyridine rings is 1. The van der Waals surface area contributed by atoms with Crippen LogP contribution in [0.5, 0.6) is 0 Å². The van der Waals surface area contributed by atoms with Gasteiger partial charge < -0.3 is 4.74 Å². The molecule has 0 unspecified atom stereocenters. The van der Waals surface area contributed by atoms with Crippen LogP contribution in [0.4, 0.5) is 9.52 Å². The minimum Gasteiger partial charge on any atom is -0.462 e. The smallest absolute Gasteiger partial charge is 0.350 e. The molecule has 0 saturated carbocycles. The van der Waals surface area contributed by atoms with Crippen LogP contribution >= 0.6 is 11.3 Å². The molecule has 3 amide bonds. The van der Waals surface area contributed by atoms with Crippen LogP contribution in [-0.2, 0) is 16.1 Å². The molecule has 0 N–H and O–H groups in total. The van der Waals surface area contributed by atoms with Crippen LogP contribution in [0.15, 0.2) is 42.6 Å². The van der Waals surface area contributed by atoms with Crippen LogP contribution in [0.1, 0.15) is 48.7 Å². The van der Waals surface area contributed by atoms with Gasteiger partial charge in [0.2, 0.25) is 5.91 Å². The third kappa shape index (κ3) is 4.42. The van der Waals surface area contributed by atoms with E-state index in [-0.39, 0.29) is 34.4 Å². The first-order valence-corrected chi connectivity index (χ1v) is 11.1. The average Bonchev–Trinajstić information content (AvgIpc) is 3.32. The average molecular weight is 482 g/mol. The largest absolute Gasteiger partial charge is 0.462 e. The van der Waals surface area contributed by atoms with Crippen molar-refractivity contribution in [2.45, 2.75) is 20.4 Å². The molecule has 1 aromatic carbocycles. The fourth-order valence-electron chi connectivity index (χ4n) is 3.40. The van der Waals surface area contributed by atoms with Crippen LogP contribution in [0.2, 0.25) is 0 Å². The normalized spacial score (nSPS) is 12.6. The van der Waals surface area contributed by atoms with Crippen molar-refractivity contribution < 1.29 is 28.3 Å². The summed E-state index contributed by atoms with van der Waals surface area (Å²) in [5, 5.41) is 0.185. The quantitative estimate of drug-likeness (QED) is 0.376. The standard InChI is InChI=1S/C23H19FN4O5S/c1-3-33-22(32)19-13(2)26-23(34-19)27(11-14-6-8-15(24)9-7-14)17(29)12-28-20(30)16-5-4-10-25-18(16)21(28)31/h4-10H,3,11-12H2,1-2H3. The third-order valence-electron chi connectivity index (χ3n) is 5.06. The van der Waals surface area contributed by atoms with E-state index in [9.17, 15) is 23.6 Å². The van der Waals surface area contributed by atoms with Crippen molar-refractivity contribution in [3.63, 3.8) is 0 Å². The maximum atomic E-state index is 13.4. The minimum atomic E-state index is -0.668.